The van der Waals surface area contributed by atoms with Gasteiger partial charge in [-0.25, -0.2) is 0 Å². The van der Waals surface area contributed by atoms with Crippen LogP contribution in [0.5, 0.6) is 0 Å². The molecule has 0 spiro atoms. The van der Waals surface area contributed by atoms with Gasteiger partial charge in [0.2, 0.25) is 0 Å². The van der Waals surface area contributed by atoms with Crippen molar-refractivity contribution in [2.45, 2.75) is 13.0 Å². The van der Waals surface area contributed by atoms with Gasteiger partial charge in [0.05, 0.1) is 6.10 Å². The van der Waals surface area contributed by atoms with Gasteiger partial charge in [0.25, 0.3) is 5.91 Å². The fourth-order valence-corrected chi connectivity index (χ4v) is 1.70. The molecule has 0 bridgehead atoms. The van der Waals surface area contributed by atoms with Crippen LogP contribution in [0.4, 0.5) is 0 Å². The van der Waals surface area contributed by atoms with Crippen LogP contribution in [-0.4, -0.2) is 22.5 Å². The van der Waals surface area contributed by atoms with Crippen LogP contribution in [0.2, 0.25) is 0 Å². The Hall–Kier alpha value is -2.20. The van der Waals surface area contributed by atoms with E-state index in [1.165, 1.54) is 0 Å². The van der Waals surface area contributed by atoms with Gasteiger partial charge in [-0.15, -0.1) is 0 Å². The summed E-state index contributed by atoms with van der Waals surface area (Å²) < 4.78 is 0. The van der Waals surface area contributed by atoms with E-state index in [1.54, 1.807) is 24.5 Å². The fourth-order valence-electron chi connectivity index (χ4n) is 1.70. The summed E-state index contributed by atoms with van der Waals surface area (Å²) in [5.41, 5.74) is 2.46. The summed E-state index contributed by atoms with van der Waals surface area (Å²) >= 11 is 0. The van der Waals surface area contributed by atoms with Gasteiger partial charge in [-0.05, 0) is 24.6 Å². The number of amides is 1. The van der Waals surface area contributed by atoms with Gasteiger partial charge in [0, 0.05) is 24.5 Å². The second-order valence-electron chi connectivity index (χ2n) is 4.37. The Morgan fingerprint density at radius 2 is 1.84 bits per heavy atom. The lowest BCUT2D eigenvalue weighted by molar-refractivity contribution is 0.0916. The molecule has 0 fully saturated rings. The number of aromatic nitrogens is 1. The number of benzene rings is 1. The Kier molecular flexibility index (Phi) is 4.26. The molecule has 1 heterocycles. The third kappa shape index (κ3) is 3.63. The van der Waals surface area contributed by atoms with Crippen molar-refractivity contribution < 1.29 is 9.90 Å². The number of rotatable bonds is 4. The maximum Gasteiger partial charge on any atom is 0.251 e. The molecule has 0 aliphatic rings. The van der Waals surface area contributed by atoms with Crippen molar-refractivity contribution in [1.29, 1.82) is 0 Å². The van der Waals surface area contributed by atoms with Gasteiger partial charge in [0.15, 0.2) is 0 Å². The first-order valence-corrected chi connectivity index (χ1v) is 6.09. The van der Waals surface area contributed by atoms with Gasteiger partial charge >= 0.3 is 0 Å². The number of nitrogens with one attached hydrogen (secondary N) is 1. The fraction of sp³-hybridized carbons (Fsp3) is 0.200. The molecule has 1 aromatic carbocycles. The van der Waals surface area contributed by atoms with Crippen LogP contribution in [0.25, 0.3) is 0 Å². The van der Waals surface area contributed by atoms with E-state index in [0.29, 0.717) is 5.56 Å². The van der Waals surface area contributed by atoms with E-state index in [-0.39, 0.29) is 12.5 Å². The number of aryl methyl sites for hydroxylation is 1. The summed E-state index contributed by atoms with van der Waals surface area (Å²) in [5, 5.41) is 12.7. The van der Waals surface area contributed by atoms with Gasteiger partial charge in [0.1, 0.15) is 0 Å². The number of hydrogen-bond acceptors (Lipinski definition) is 3. The third-order valence-corrected chi connectivity index (χ3v) is 2.86. The Morgan fingerprint density at radius 1 is 1.21 bits per heavy atom. The molecule has 0 saturated heterocycles. The number of aliphatic hydroxyl groups is 1. The number of carbonyl (C=O) groups excluding carboxylic acids is 1. The van der Waals surface area contributed by atoms with Crippen LogP contribution in [0.3, 0.4) is 0 Å². The highest BCUT2D eigenvalue weighted by Gasteiger charge is 2.10. The van der Waals surface area contributed by atoms with E-state index >= 15 is 0 Å². The monoisotopic (exact) mass is 256 g/mol. The Balaban J connectivity index is 1.92. The van der Waals surface area contributed by atoms with Crippen LogP contribution < -0.4 is 5.32 Å². The third-order valence-electron chi connectivity index (χ3n) is 2.86. The van der Waals surface area contributed by atoms with Crippen molar-refractivity contribution in [1.82, 2.24) is 10.3 Å². The lowest BCUT2D eigenvalue weighted by Crippen LogP contribution is -2.28. The van der Waals surface area contributed by atoms with Crippen LogP contribution >= 0.6 is 0 Å². The maximum atomic E-state index is 11.8. The van der Waals surface area contributed by atoms with Crippen molar-refractivity contribution in [2.24, 2.45) is 0 Å². The molecule has 0 radical (unpaired) electrons. The highest BCUT2D eigenvalue weighted by Crippen LogP contribution is 2.12. The van der Waals surface area contributed by atoms with E-state index in [4.69, 9.17) is 0 Å². The average Bonchev–Trinajstić information content (AvgIpc) is 2.46. The van der Waals surface area contributed by atoms with E-state index in [2.05, 4.69) is 10.3 Å². The molecule has 4 nitrogen and oxygen atoms in total. The first-order chi connectivity index (χ1) is 9.16. The van der Waals surface area contributed by atoms with Gasteiger partial charge in [-0.3, -0.25) is 9.78 Å². The minimum absolute atomic E-state index is 0.185. The molecule has 2 rings (SSSR count). The smallest absolute Gasteiger partial charge is 0.251 e. The molecular formula is C15H16N2O2. The lowest BCUT2D eigenvalue weighted by atomic mass is 10.1. The zero-order valence-corrected chi connectivity index (χ0v) is 10.7. The number of aliphatic hydroxyl groups excluding tert-OH is 1. The molecule has 0 unspecified atom stereocenters. The van der Waals surface area contributed by atoms with Crippen molar-refractivity contribution >= 4 is 5.91 Å². The minimum Gasteiger partial charge on any atom is -0.387 e. The molecule has 98 valence electrons. The number of pyridine rings is 1. The predicted octanol–water partition coefficient (Wildman–Crippen LogP) is 1.85. The molecule has 1 aromatic heterocycles. The average molecular weight is 256 g/mol. The highest BCUT2D eigenvalue weighted by atomic mass is 16.3. The highest BCUT2D eigenvalue weighted by molar-refractivity contribution is 5.93. The number of nitrogens with zero attached hydrogens (tertiary/aromatic N) is 1. The van der Waals surface area contributed by atoms with E-state index in [9.17, 15) is 9.90 Å². The van der Waals surface area contributed by atoms with Crippen LogP contribution in [-0.2, 0) is 0 Å². The second-order valence-corrected chi connectivity index (χ2v) is 4.37. The van der Waals surface area contributed by atoms with Crippen LogP contribution in [0.1, 0.15) is 27.6 Å². The Morgan fingerprint density at radius 3 is 2.47 bits per heavy atom. The standard InChI is InChI=1S/C15H16N2O2/c1-11-2-4-12(5-3-11)14(18)10-17-15(19)13-6-8-16-9-7-13/h2-9,14,18H,10H2,1H3,(H,17,19)/t14-/m0/s1. The van der Waals surface area contributed by atoms with Gasteiger partial charge < -0.3 is 10.4 Å². The number of carbonyl (C=O) groups is 1. The van der Waals surface area contributed by atoms with E-state index in [1.807, 2.05) is 31.2 Å². The molecular weight excluding hydrogens is 240 g/mol. The van der Waals surface area contributed by atoms with Crippen molar-refractivity contribution in [3.63, 3.8) is 0 Å². The zero-order chi connectivity index (χ0) is 13.7. The Bertz CT molecular complexity index is 538. The summed E-state index contributed by atoms with van der Waals surface area (Å²) in [5.74, 6) is -0.214. The summed E-state index contributed by atoms with van der Waals surface area (Å²) in [6.07, 6.45) is 2.42. The van der Waals surface area contributed by atoms with Gasteiger partial charge in [-0.1, -0.05) is 29.8 Å². The van der Waals surface area contributed by atoms with Crippen molar-refractivity contribution in [2.75, 3.05) is 6.54 Å². The quantitative estimate of drug-likeness (QED) is 0.877. The summed E-state index contributed by atoms with van der Waals surface area (Å²) in [7, 11) is 0. The lowest BCUT2D eigenvalue weighted by Gasteiger charge is -2.12. The summed E-state index contributed by atoms with van der Waals surface area (Å²) in [4.78, 5) is 15.6. The maximum absolute atomic E-state index is 11.8. The number of hydrogen-bond donors (Lipinski definition) is 2. The van der Waals surface area contributed by atoms with E-state index in [0.717, 1.165) is 11.1 Å². The largest absolute Gasteiger partial charge is 0.387 e. The molecule has 2 N–H and O–H groups in total. The first-order valence-electron chi connectivity index (χ1n) is 6.09. The zero-order valence-electron chi connectivity index (χ0n) is 10.7. The Labute approximate surface area is 112 Å². The summed E-state index contributed by atoms with van der Waals surface area (Å²) in [6, 6.07) is 10.9. The van der Waals surface area contributed by atoms with E-state index < -0.39 is 6.10 Å². The second kappa shape index (κ2) is 6.11. The minimum atomic E-state index is -0.702. The molecule has 0 saturated carbocycles. The van der Waals surface area contributed by atoms with Gasteiger partial charge in [-0.2, -0.15) is 0 Å². The van der Waals surface area contributed by atoms with Crippen LogP contribution in [0.15, 0.2) is 48.8 Å². The van der Waals surface area contributed by atoms with Crippen molar-refractivity contribution in [3.05, 3.63) is 65.5 Å². The predicted molar refractivity (Wildman–Crippen MR) is 72.7 cm³/mol. The molecule has 0 aliphatic heterocycles. The molecule has 19 heavy (non-hydrogen) atoms. The molecule has 4 heteroatoms. The normalized spacial score (nSPS) is 11.9. The SMILES string of the molecule is Cc1ccc([C@@H](O)CNC(=O)c2ccncc2)cc1. The molecule has 1 amide bonds. The topological polar surface area (TPSA) is 62.2 Å². The first kappa shape index (κ1) is 13.2. The molecule has 0 aliphatic carbocycles. The van der Waals surface area contributed by atoms with Crippen molar-refractivity contribution in [3.8, 4) is 0 Å². The molecule has 1 atom stereocenters. The summed E-state index contributed by atoms with van der Waals surface area (Å²) in [6.45, 7) is 2.17. The molecule has 2 aromatic rings. The van der Waals surface area contributed by atoms with Crippen LogP contribution in [0, 0.1) is 6.92 Å².